The number of esters is 1. The third-order valence-electron chi connectivity index (χ3n) is 4.95. The van der Waals surface area contributed by atoms with Crippen LogP contribution < -0.4 is 10.2 Å². The van der Waals surface area contributed by atoms with E-state index in [1.165, 1.54) is 0 Å². The summed E-state index contributed by atoms with van der Waals surface area (Å²) >= 11 is 6.05. The molecule has 1 aromatic heterocycles. The Bertz CT molecular complexity index is 829. The van der Waals surface area contributed by atoms with Crippen molar-refractivity contribution in [2.24, 2.45) is 0 Å². The topological polar surface area (TPSA) is 73.8 Å². The average molecular weight is 433 g/mol. The van der Waals surface area contributed by atoms with Crippen LogP contribution in [0.3, 0.4) is 0 Å². The molecule has 0 spiro atoms. The SMILES string of the molecule is CCOC(=O)CN(C)CCN1CCN(c2cc(Nc3cccc(Cl)c3)ncn2)CC1. The molecule has 8 nitrogen and oxygen atoms in total. The summed E-state index contributed by atoms with van der Waals surface area (Å²) in [5.74, 6) is 1.48. The highest BCUT2D eigenvalue weighted by Crippen LogP contribution is 2.21. The van der Waals surface area contributed by atoms with Crippen molar-refractivity contribution in [3.63, 3.8) is 0 Å². The van der Waals surface area contributed by atoms with Gasteiger partial charge in [-0.3, -0.25) is 14.6 Å². The maximum absolute atomic E-state index is 11.6. The fourth-order valence-corrected chi connectivity index (χ4v) is 3.51. The zero-order valence-electron chi connectivity index (χ0n) is 17.6. The van der Waals surface area contributed by atoms with Crippen molar-refractivity contribution in [1.29, 1.82) is 0 Å². The molecule has 3 rings (SSSR count). The van der Waals surface area contributed by atoms with Crippen LogP contribution in [0.5, 0.6) is 0 Å². The molecule has 1 aromatic carbocycles. The number of rotatable bonds is 9. The summed E-state index contributed by atoms with van der Waals surface area (Å²) in [6.07, 6.45) is 1.58. The first-order valence-corrected chi connectivity index (χ1v) is 10.6. The first kappa shape index (κ1) is 22.3. The Balaban J connectivity index is 1.46. The molecule has 0 unspecified atom stereocenters. The molecule has 0 atom stereocenters. The van der Waals surface area contributed by atoms with E-state index >= 15 is 0 Å². The number of nitrogens with zero attached hydrogens (tertiary/aromatic N) is 5. The van der Waals surface area contributed by atoms with Crippen LogP contribution in [0.15, 0.2) is 36.7 Å². The van der Waals surface area contributed by atoms with Crippen molar-refractivity contribution in [1.82, 2.24) is 19.8 Å². The van der Waals surface area contributed by atoms with E-state index in [9.17, 15) is 4.79 Å². The van der Waals surface area contributed by atoms with Crippen molar-refractivity contribution in [2.45, 2.75) is 6.92 Å². The molecule has 2 aromatic rings. The number of halogens is 1. The molecule has 1 fully saturated rings. The maximum atomic E-state index is 11.6. The standard InChI is InChI=1S/C21H29ClN6O2/c1-3-30-21(29)15-26(2)7-8-27-9-11-28(12-10-27)20-14-19(23-16-24-20)25-18-6-4-5-17(22)13-18/h4-6,13-14,16H,3,7-12,15H2,1-2H3,(H,23,24,25). The largest absolute Gasteiger partial charge is 0.465 e. The van der Waals surface area contributed by atoms with E-state index in [1.54, 1.807) is 6.33 Å². The second kappa shape index (κ2) is 11.1. The van der Waals surface area contributed by atoms with Crippen molar-refractivity contribution >= 4 is 34.9 Å². The van der Waals surface area contributed by atoms with Crippen LogP contribution in [-0.4, -0.2) is 85.2 Å². The first-order valence-electron chi connectivity index (χ1n) is 10.2. The lowest BCUT2D eigenvalue weighted by Gasteiger charge is -2.36. The molecule has 1 N–H and O–H groups in total. The smallest absolute Gasteiger partial charge is 0.320 e. The highest BCUT2D eigenvalue weighted by Gasteiger charge is 2.19. The van der Waals surface area contributed by atoms with Crippen molar-refractivity contribution in [2.75, 3.05) is 69.7 Å². The fraction of sp³-hybridized carbons (Fsp3) is 0.476. The Labute approximate surface area is 182 Å². The quantitative estimate of drug-likeness (QED) is 0.606. The van der Waals surface area contributed by atoms with Gasteiger partial charge in [-0.1, -0.05) is 17.7 Å². The summed E-state index contributed by atoms with van der Waals surface area (Å²) in [4.78, 5) is 27.0. The molecule has 1 aliphatic rings. The fourth-order valence-electron chi connectivity index (χ4n) is 3.32. The van der Waals surface area contributed by atoms with Crippen LogP contribution >= 0.6 is 11.6 Å². The summed E-state index contributed by atoms with van der Waals surface area (Å²) in [5.41, 5.74) is 0.893. The van der Waals surface area contributed by atoms with E-state index in [0.717, 1.165) is 56.6 Å². The molecular weight excluding hydrogens is 404 g/mol. The molecule has 0 saturated carbocycles. The van der Waals surface area contributed by atoms with Gasteiger partial charge in [-0.05, 0) is 32.2 Å². The Morgan fingerprint density at radius 3 is 2.77 bits per heavy atom. The molecular formula is C21H29ClN6O2. The highest BCUT2D eigenvalue weighted by molar-refractivity contribution is 6.30. The van der Waals surface area contributed by atoms with Crippen molar-refractivity contribution < 1.29 is 9.53 Å². The number of aromatic nitrogens is 2. The minimum Gasteiger partial charge on any atom is -0.465 e. The van der Waals surface area contributed by atoms with E-state index in [1.807, 2.05) is 49.2 Å². The number of ether oxygens (including phenoxy) is 1. The van der Waals surface area contributed by atoms with Gasteiger partial charge < -0.3 is 15.0 Å². The third-order valence-corrected chi connectivity index (χ3v) is 5.18. The number of likely N-dealkylation sites (N-methyl/N-ethyl adjacent to an activating group) is 1. The second-order valence-corrected chi connectivity index (χ2v) is 7.70. The lowest BCUT2D eigenvalue weighted by molar-refractivity contribution is -0.144. The molecule has 0 radical (unpaired) electrons. The van der Waals surface area contributed by atoms with Crippen LogP contribution in [0.4, 0.5) is 17.3 Å². The van der Waals surface area contributed by atoms with E-state index in [0.29, 0.717) is 18.2 Å². The van der Waals surface area contributed by atoms with Gasteiger partial charge in [0.15, 0.2) is 0 Å². The lowest BCUT2D eigenvalue weighted by Crippen LogP contribution is -2.48. The van der Waals surface area contributed by atoms with Gasteiger partial charge in [0.2, 0.25) is 0 Å². The van der Waals surface area contributed by atoms with E-state index in [-0.39, 0.29) is 5.97 Å². The van der Waals surface area contributed by atoms with E-state index < -0.39 is 0 Å². The number of benzene rings is 1. The molecule has 30 heavy (non-hydrogen) atoms. The molecule has 2 heterocycles. The number of carbonyl (C=O) groups excluding carboxylic acids is 1. The van der Waals surface area contributed by atoms with Crippen molar-refractivity contribution in [3.05, 3.63) is 41.7 Å². The van der Waals surface area contributed by atoms with Gasteiger partial charge in [-0.25, -0.2) is 9.97 Å². The molecule has 0 amide bonds. The van der Waals surface area contributed by atoms with Crippen LogP contribution in [0.1, 0.15) is 6.92 Å². The van der Waals surface area contributed by atoms with E-state index in [4.69, 9.17) is 16.3 Å². The number of hydrogen-bond donors (Lipinski definition) is 1. The first-order chi connectivity index (χ1) is 14.5. The molecule has 0 aliphatic carbocycles. The Hall–Kier alpha value is -2.42. The van der Waals surface area contributed by atoms with E-state index in [2.05, 4.69) is 25.1 Å². The van der Waals surface area contributed by atoms with Crippen LogP contribution in [0.25, 0.3) is 0 Å². The average Bonchev–Trinajstić information content (AvgIpc) is 2.73. The molecule has 162 valence electrons. The van der Waals surface area contributed by atoms with Crippen LogP contribution in [-0.2, 0) is 9.53 Å². The number of anilines is 3. The minimum atomic E-state index is -0.171. The summed E-state index contributed by atoms with van der Waals surface area (Å²) in [6.45, 7) is 8.04. The second-order valence-electron chi connectivity index (χ2n) is 7.27. The van der Waals surface area contributed by atoms with Crippen LogP contribution in [0.2, 0.25) is 5.02 Å². The zero-order valence-corrected chi connectivity index (χ0v) is 18.3. The Morgan fingerprint density at radius 1 is 1.23 bits per heavy atom. The molecule has 1 saturated heterocycles. The van der Waals surface area contributed by atoms with Crippen LogP contribution in [0, 0.1) is 0 Å². The number of carbonyl (C=O) groups is 1. The number of piperazine rings is 1. The summed E-state index contributed by atoms with van der Waals surface area (Å²) < 4.78 is 5.00. The van der Waals surface area contributed by atoms with Gasteiger partial charge in [0, 0.05) is 56.0 Å². The Morgan fingerprint density at radius 2 is 2.03 bits per heavy atom. The summed E-state index contributed by atoms with van der Waals surface area (Å²) in [6, 6.07) is 9.51. The van der Waals surface area contributed by atoms with Gasteiger partial charge in [-0.15, -0.1) is 0 Å². The van der Waals surface area contributed by atoms with Crippen molar-refractivity contribution in [3.8, 4) is 0 Å². The molecule has 0 bridgehead atoms. The van der Waals surface area contributed by atoms with Gasteiger partial charge in [0.05, 0.1) is 13.2 Å². The van der Waals surface area contributed by atoms with Gasteiger partial charge in [0.25, 0.3) is 0 Å². The number of hydrogen-bond acceptors (Lipinski definition) is 8. The number of nitrogens with one attached hydrogen (secondary N) is 1. The minimum absolute atomic E-state index is 0.171. The molecule has 1 aliphatic heterocycles. The lowest BCUT2D eigenvalue weighted by atomic mass is 10.3. The zero-order chi connectivity index (χ0) is 21.3. The normalized spacial score (nSPS) is 14.7. The summed E-state index contributed by atoms with van der Waals surface area (Å²) in [5, 5.41) is 3.95. The highest BCUT2D eigenvalue weighted by atomic mass is 35.5. The predicted octanol–water partition coefficient (Wildman–Crippen LogP) is 2.49. The van der Waals surface area contributed by atoms with Gasteiger partial charge in [-0.2, -0.15) is 0 Å². The van der Waals surface area contributed by atoms with Gasteiger partial charge >= 0.3 is 5.97 Å². The Kier molecular flexibility index (Phi) is 8.24. The molecule has 9 heteroatoms. The predicted molar refractivity (Wildman–Crippen MR) is 120 cm³/mol. The van der Waals surface area contributed by atoms with Gasteiger partial charge in [0.1, 0.15) is 18.0 Å². The monoisotopic (exact) mass is 432 g/mol. The third kappa shape index (κ3) is 6.83. The summed E-state index contributed by atoms with van der Waals surface area (Å²) in [7, 11) is 1.95. The maximum Gasteiger partial charge on any atom is 0.320 e.